The van der Waals surface area contributed by atoms with Crippen LogP contribution in [0.4, 0.5) is 28.9 Å². The van der Waals surface area contributed by atoms with Crippen LogP contribution >= 0.6 is 0 Å². The van der Waals surface area contributed by atoms with E-state index in [1.54, 1.807) is 24.3 Å². The lowest BCUT2D eigenvalue weighted by Gasteiger charge is -2.23. The third kappa shape index (κ3) is 18.1. The molecule has 0 bridgehead atoms. The van der Waals surface area contributed by atoms with Gasteiger partial charge in [0.15, 0.2) is 46.1 Å². The van der Waals surface area contributed by atoms with E-state index in [9.17, 15) is 28.0 Å². The fourth-order valence-corrected chi connectivity index (χ4v) is 10.00. The van der Waals surface area contributed by atoms with Crippen molar-refractivity contribution < 1.29 is 79.3 Å². The summed E-state index contributed by atoms with van der Waals surface area (Å²) in [6.45, 7) is 14.3. The van der Waals surface area contributed by atoms with E-state index in [-0.39, 0.29) is 57.9 Å². The van der Waals surface area contributed by atoms with Crippen molar-refractivity contribution in [2.45, 2.75) is 40.5 Å². The highest BCUT2D eigenvalue weighted by atomic mass is 19.1. The topological polar surface area (TPSA) is 282 Å². The minimum absolute atomic E-state index is 0.00770. The summed E-state index contributed by atoms with van der Waals surface area (Å²) in [5, 5.41) is 6.02. The van der Waals surface area contributed by atoms with Gasteiger partial charge in [0.05, 0.1) is 42.1 Å². The van der Waals surface area contributed by atoms with Gasteiger partial charge < -0.3 is 74.2 Å². The molecule has 23 nitrogen and oxygen atoms in total. The molecule has 0 saturated heterocycles. The van der Waals surface area contributed by atoms with Crippen LogP contribution in [0.25, 0.3) is 33.2 Å². The number of nitrogens with one attached hydrogen (secondary N) is 2. The molecule has 2 aliphatic heterocycles. The number of amides is 2. The number of hydrogen-bond donors (Lipinski definition) is 4. The second-order valence-electron chi connectivity index (χ2n) is 21.3. The number of fused-ring (bicyclic) bond motifs is 6. The number of carbonyl (C=O) groups is 2. The van der Waals surface area contributed by atoms with Crippen molar-refractivity contribution >= 4 is 45.0 Å². The zero-order valence-corrected chi connectivity index (χ0v) is 55.4. The maximum Gasteiger partial charge on any atom is 0.271 e. The molecule has 0 fully saturated rings. The van der Waals surface area contributed by atoms with Crippen LogP contribution in [0, 0.1) is 23.3 Å². The van der Waals surface area contributed by atoms with Gasteiger partial charge in [0.1, 0.15) is 66.4 Å². The Morgan fingerprint density at radius 3 is 1.36 bits per heavy atom. The lowest BCUT2D eigenvalue weighted by molar-refractivity contribution is 0.101. The molecule has 0 unspecified atom stereocenters. The molecule has 524 valence electrons. The van der Waals surface area contributed by atoms with Crippen LogP contribution in [0.15, 0.2) is 162 Å². The maximum absolute atomic E-state index is 15.4. The molecule has 0 atom stereocenters. The minimum Gasteiger partial charge on any atom is -0.496 e. The van der Waals surface area contributed by atoms with Gasteiger partial charge in [0.2, 0.25) is 11.5 Å². The molecule has 0 spiro atoms. The van der Waals surface area contributed by atoms with Crippen LogP contribution in [0.3, 0.4) is 0 Å². The molecule has 4 aromatic heterocycles. The van der Waals surface area contributed by atoms with Crippen molar-refractivity contribution in [1.29, 1.82) is 0 Å². The Bertz CT molecular complexity index is 4570. The number of ether oxygens (including phenoxy) is 11. The maximum atomic E-state index is 15.4. The van der Waals surface area contributed by atoms with E-state index in [0.29, 0.717) is 127 Å². The second-order valence-corrected chi connectivity index (χ2v) is 21.3. The zero-order valence-electron chi connectivity index (χ0n) is 55.4. The van der Waals surface area contributed by atoms with Gasteiger partial charge in [0, 0.05) is 98.2 Å². The third-order valence-corrected chi connectivity index (χ3v) is 14.6. The second kappa shape index (κ2) is 35.8. The number of nitrogens with zero attached hydrogens (tertiary/aromatic N) is 4. The Kier molecular flexibility index (Phi) is 26.2. The average molecular weight is 1380 g/mol. The molecule has 2 aliphatic rings. The molecule has 10 aromatic rings. The van der Waals surface area contributed by atoms with Crippen molar-refractivity contribution in [3.8, 4) is 74.6 Å². The smallest absolute Gasteiger partial charge is 0.271 e. The van der Waals surface area contributed by atoms with Crippen LogP contribution in [0.5, 0.6) is 63.2 Å². The van der Waals surface area contributed by atoms with Crippen LogP contribution in [0.1, 0.15) is 61.3 Å². The Balaban J connectivity index is 0.000000206. The molecule has 12 rings (SSSR count). The molecule has 27 heteroatoms. The Hall–Kier alpha value is -11.3. The summed E-state index contributed by atoms with van der Waals surface area (Å²) < 4.78 is 122. The molecular weight excluding hydrogens is 1300 g/mol. The number of aromatic nitrogens is 4. The lowest BCUT2D eigenvalue weighted by Crippen LogP contribution is -2.29. The average Bonchev–Trinajstić information content (AvgIpc) is 0.767. The normalized spacial score (nSPS) is 11.8. The Morgan fingerprint density at radius 2 is 0.940 bits per heavy atom. The zero-order chi connectivity index (χ0) is 71.1. The van der Waals surface area contributed by atoms with Gasteiger partial charge in [0.25, 0.3) is 22.9 Å². The molecule has 0 aliphatic carbocycles. The first-order chi connectivity index (χ1) is 48.6. The van der Waals surface area contributed by atoms with E-state index >= 15 is 8.78 Å². The number of hydrogen-bond acceptors (Lipinski definition) is 19. The van der Waals surface area contributed by atoms with Gasteiger partial charge >= 0.3 is 0 Å². The van der Waals surface area contributed by atoms with Crippen molar-refractivity contribution in [3.05, 3.63) is 207 Å². The van der Waals surface area contributed by atoms with Crippen LogP contribution in [0.2, 0.25) is 0 Å². The van der Waals surface area contributed by atoms with Crippen molar-refractivity contribution in [1.82, 2.24) is 19.1 Å². The molecule has 100 heavy (non-hydrogen) atoms. The first kappa shape index (κ1) is 73.0. The number of nitrogens with two attached hydrogens (primary N) is 2. The highest BCUT2D eigenvalue weighted by Gasteiger charge is 2.28. The molecule has 0 radical (unpaired) electrons. The first-order valence-corrected chi connectivity index (χ1v) is 32.0. The monoisotopic (exact) mass is 1380 g/mol. The molecule has 6 aromatic carbocycles. The first-order valence-electron chi connectivity index (χ1n) is 32.0. The van der Waals surface area contributed by atoms with E-state index in [4.69, 9.17) is 63.6 Å². The summed E-state index contributed by atoms with van der Waals surface area (Å²) >= 11 is 0. The molecule has 2 amide bonds. The summed E-state index contributed by atoms with van der Waals surface area (Å²) in [5.41, 5.74) is 11.2. The number of rotatable bonds is 23. The fourth-order valence-electron chi connectivity index (χ4n) is 10.00. The fraction of sp³-hybridized carbons (Fsp3) is 0.260. The SMILES string of the molecule is CCOCC.CCOCC.COc1ccn(-c2ccc(F)cc2)c(=O)c1C(=O)Nc1ccc(Oc2ccnc3cc(OCCCN)c4c(c23)OCCO4)c(F)c1.NCCCOc1cc2nccc(Oc3ccc(NC(=O)c4cccn(-c5ccc(F)cc5)c4=O)cc3F)c2c2c1OCCO2. The van der Waals surface area contributed by atoms with Gasteiger partial charge in [-0.3, -0.25) is 38.3 Å². The highest BCUT2D eigenvalue weighted by molar-refractivity contribution is 6.06. The molecular formula is C73H74F4N8O15. The Morgan fingerprint density at radius 1 is 0.500 bits per heavy atom. The van der Waals surface area contributed by atoms with E-state index in [1.165, 1.54) is 132 Å². The van der Waals surface area contributed by atoms with Gasteiger partial charge in [-0.25, -0.2) is 17.6 Å². The summed E-state index contributed by atoms with van der Waals surface area (Å²) in [5.74, 6) is -1.37. The summed E-state index contributed by atoms with van der Waals surface area (Å²) in [6.07, 6.45) is 7.19. The largest absolute Gasteiger partial charge is 0.496 e. The number of carbonyl (C=O) groups excluding carboxylic acids is 2. The molecule has 6 N–H and O–H groups in total. The standard InChI is InChI=1S/C33H28F2N4O7.C32H26F2N4O6.2C4H10O/c1-42-25-10-13-39(21-6-3-19(34)4-7-21)33(41)29(25)32(40)38-20-5-8-24(22(35)17-20)46-26-9-12-37-23-18-27(43-14-2-11-36)30-31(28(23)26)45-16-15-44-30;33-19-4-7-21(8-5-19)38-13-1-3-22(32(38)40)31(39)37-20-6-9-25(23(34)17-20)44-26-10-12-36-24-18-27(41-14-2-11-35)29-30(28(24)26)43-16-15-42-29;2*1-3-5-4-2/h3-10,12-13,17-18H,2,11,14-16,36H2,1H3,(H,38,40);1,3-10,12-13,17-18H,2,11,14-16,35H2,(H,37,39);2*3-4H2,1-2H3. The lowest BCUT2D eigenvalue weighted by atomic mass is 10.1. The van der Waals surface area contributed by atoms with E-state index in [1.807, 2.05) is 27.7 Å². The third-order valence-electron chi connectivity index (χ3n) is 14.6. The van der Waals surface area contributed by atoms with E-state index in [2.05, 4.69) is 20.6 Å². The number of benzene rings is 6. The van der Waals surface area contributed by atoms with Crippen molar-refractivity contribution in [2.24, 2.45) is 11.5 Å². The van der Waals surface area contributed by atoms with Gasteiger partial charge in [-0.15, -0.1) is 0 Å². The minimum atomic E-state index is -0.834. The molecule has 6 heterocycles. The van der Waals surface area contributed by atoms with Crippen LogP contribution in [-0.4, -0.2) is 117 Å². The van der Waals surface area contributed by atoms with Gasteiger partial charge in [-0.05, 0) is 157 Å². The summed E-state index contributed by atoms with van der Waals surface area (Å²) in [4.78, 5) is 61.3. The number of halogens is 4. The van der Waals surface area contributed by atoms with Gasteiger partial charge in [-0.2, -0.15) is 0 Å². The van der Waals surface area contributed by atoms with Crippen LogP contribution < -0.4 is 75.9 Å². The van der Waals surface area contributed by atoms with Crippen molar-refractivity contribution in [3.63, 3.8) is 0 Å². The predicted octanol–water partition coefficient (Wildman–Crippen LogP) is 12.5. The highest BCUT2D eigenvalue weighted by Crippen LogP contribution is 2.50. The molecule has 0 saturated carbocycles. The van der Waals surface area contributed by atoms with E-state index in [0.717, 1.165) is 38.6 Å². The van der Waals surface area contributed by atoms with Gasteiger partial charge in [-0.1, -0.05) is 0 Å². The number of pyridine rings is 4. The quantitative estimate of drug-likeness (QED) is 0.0342. The van der Waals surface area contributed by atoms with Crippen molar-refractivity contribution in [2.75, 3.05) is 96.9 Å². The van der Waals surface area contributed by atoms with Crippen LogP contribution in [-0.2, 0) is 9.47 Å². The predicted molar refractivity (Wildman–Crippen MR) is 368 cm³/mol. The number of methoxy groups -OCH3 is 1. The Labute approximate surface area is 571 Å². The summed E-state index contributed by atoms with van der Waals surface area (Å²) in [6, 6.07) is 29.0. The van der Waals surface area contributed by atoms with E-state index < -0.39 is 46.2 Å². The number of anilines is 2. The summed E-state index contributed by atoms with van der Waals surface area (Å²) in [7, 11) is 1.31.